The number of carbonyl (C=O) groups excluding carboxylic acids is 2. The average molecular weight is 355 g/mol. The third kappa shape index (κ3) is 5.05. The lowest BCUT2D eigenvalue weighted by atomic mass is 9.91. The van der Waals surface area contributed by atoms with Gasteiger partial charge in [-0.2, -0.15) is 0 Å². The maximum Gasteiger partial charge on any atom is 0.319 e. The topological polar surface area (TPSA) is 70.2 Å². The Morgan fingerprint density at radius 1 is 0.808 bits per heavy atom. The van der Waals surface area contributed by atoms with Gasteiger partial charge in [-0.05, 0) is 62.1 Å². The van der Waals surface area contributed by atoms with Crippen molar-refractivity contribution in [2.75, 3.05) is 5.32 Å². The highest BCUT2D eigenvalue weighted by Crippen LogP contribution is 2.19. The number of hydrogen-bond donors (Lipinski definition) is 3. The molecule has 3 rings (SSSR count). The minimum absolute atomic E-state index is 0.0592. The van der Waals surface area contributed by atoms with Crippen LogP contribution >= 0.6 is 0 Å². The van der Waals surface area contributed by atoms with Gasteiger partial charge in [-0.15, -0.1) is 0 Å². The molecule has 1 fully saturated rings. The lowest BCUT2D eigenvalue weighted by Crippen LogP contribution is -2.44. The first-order chi connectivity index (χ1) is 12.6. The molecule has 1 aliphatic rings. The minimum atomic E-state index is -0.341. The Bertz CT molecular complexity index is 741. The standard InChI is InChI=1S/C20H22FN3O2/c21-15-6-8-17(9-7-15)23-20(26)24-18-12-10-16(11-13-18)22-19(25)14-4-2-1-3-5-14/h1-9,16,18H,10-13H2,(H,22,25)(H2,23,24,26). The number of halogens is 1. The molecule has 0 bridgehead atoms. The number of rotatable bonds is 4. The molecule has 0 radical (unpaired) electrons. The smallest absolute Gasteiger partial charge is 0.319 e. The van der Waals surface area contributed by atoms with Crippen molar-refractivity contribution in [2.45, 2.75) is 37.8 Å². The molecule has 1 aliphatic carbocycles. The summed E-state index contributed by atoms with van der Waals surface area (Å²) in [5.41, 5.74) is 1.21. The van der Waals surface area contributed by atoms with Gasteiger partial charge >= 0.3 is 6.03 Å². The van der Waals surface area contributed by atoms with Crippen LogP contribution in [-0.4, -0.2) is 24.0 Å². The van der Waals surface area contributed by atoms with Gasteiger partial charge in [0.05, 0.1) is 0 Å². The number of carbonyl (C=O) groups is 2. The Hall–Kier alpha value is -2.89. The monoisotopic (exact) mass is 355 g/mol. The summed E-state index contributed by atoms with van der Waals surface area (Å²) in [5, 5.41) is 8.68. The number of hydrogen-bond acceptors (Lipinski definition) is 2. The molecule has 1 saturated carbocycles. The lowest BCUT2D eigenvalue weighted by Gasteiger charge is -2.29. The van der Waals surface area contributed by atoms with E-state index in [1.807, 2.05) is 18.2 Å². The van der Waals surface area contributed by atoms with E-state index in [-0.39, 0.29) is 29.8 Å². The average Bonchev–Trinajstić information content (AvgIpc) is 2.66. The number of benzene rings is 2. The summed E-state index contributed by atoms with van der Waals surface area (Å²) in [7, 11) is 0. The molecule has 5 nitrogen and oxygen atoms in total. The van der Waals surface area contributed by atoms with Crippen molar-refractivity contribution in [1.29, 1.82) is 0 Å². The third-order valence-electron chi connectivity index (χ3n) is 4.54. The predicted octanol–water partition coefficient (Wildman–Crippen LogP) is 3.69. The van der Waals surface area contributed by atoms with E-state index < -0.39 is 0 Å². The highest BCUT2D eigenvalue weighted by molar-refractivity contribution is 5.94. The molecule has 3 N–H and O–H groups in total. The molecule has 0 atom stereocenters. The quantitative estimate of drug-likeness (QED) is 0.783. The van der Waals surface area contributed by atoms with E-state index >= 15 is 0 Å². The molecule has 0 aliphatic heterocycles. The van der Waals surface area contributed by atoms with Crippen LogP contribution in [0.15, 0.2) is 54.6 Å². The van der Waals surface area contributed by atoms with Crippen molar-refractivity contribution >= 4 is 17.6 Å². The maximum atomic E-state index is 12.9. The van der Waals surface area contributed by atoms with E-state index in [0.29, 0.717) is 11.3 Å². The zero-order valence-electron chi connectivity index (χ0n) is 14.4. The molecule has 136 valence electrons. The summed E-state index contributed by atoms with van der Waals surface area (Å²) >= 11 is 0. The largest absolute Gasteiger partial charge is 0.349 e. The first kappa shape index (κ1) is 17.9. The van der Waals surface area contributed by atoms with Crippen molar-refractivity contribution < 1.29 is 14.0 Å². The molecule has 2 aromatic carbocycles. The zero-order chi connectivity index (χ0) is 18.4. The van der Waals surface area contributed by atoms with Crippen LogP contribution in [0, 0.1) is 5.82 Å². The van der Waals surface area contributed by atoms with Gasteiger partial charge in [0.15, 0.2) is 0 Å². The first-order valence-electron chi connectivity index (χ1n) is 8.79. The fraction of sp³-hybridized carbons (Fsp3) is 0.300. The number of urea groups is 1. The van der Waals surface area contributed by atoms with Gasteiger partial charge in [-0.1, -0.05) is 18.2 Å². The highest BCUT2D eigenvalue weighted by Gasteiger charge is 2.23. The number of anilines is 1. The van der Waals surface area contributed by atoms with E-state index in [2.05, 4.69) is 16.0 Å². The lowest BCUT2D eigenvalue weighted by molar-refractivity contribution is 0.0924. The molecule has 3 amide bonds. The van der Waals surface area contributed by atoms with Crippen LogP contribution in [0.5, 0.6) is 0 Å². The molecule has 6 heteroatoms. The fourth-order valence-electron chi connectivity index (χ4n) is 3.13. The van der Waals surface area contributed by atoms with Crippen LogP contribution in [0.1, 0.15) is 36.0 Å². The second-order valence-corrected chi connectivity index (χ2v) is 6.49. The van der Waals surface area contributed by atoms with Crippen molar-refractivity contribution in [2.24, 2.45) is 0 Å². The molecule has 0 spiro atoms. The van der Waals surface area contributed by atoms with Gasteiger partial charge in [0, 0.05) is 23.3 Å². The van der Waals surface area contributed by atoms with Crippen LogP contribution < -0.4 is 16.0 Å². The molecular formula is C20H22FN3O2. The van der Waals surface area contributed by atoms with E-state index in [0.717, 1.165) is 25.7 Å². The SMILES string of the molecule is O=C(Nc1ccc(F)cc1)NC1CCC(NC(=O)c2ccccc2)CC1. The summed E-state index contributed by atoms with van der Waals surface area (Å²) < 4.78 is 12.9. The molecular weight excluding hydrogens is 333 g/mol. The van der Waals surface area contributed by atoms with Gasteiger partial charge in [-0.25, -0.2) is 9.18 Å². The molecule has 2 aromatic rings. The maximum absolute atomic E-state index is 12.9. The normalized spacial score (nSPS) is 19.4. The third-order valence-corrected chi connectivity index (χ3v) is 4.54. The molecule has 0 saturated heterocycles. The summed E-state index contributed by atoms with van der Waals surface area (Å²) in [6.07, 6.45) is 3.24. The Morgan fingerprint density at radius 2 is 1.38 bits per heavy atom. The Balaban J connectivity index is 1.41. The highest BCUT2D eigenvalue weighted by atomic mass is 19.1. The van der Waals surface area contributed by atoms with Gasteiger partial charge < -0.3 is 16.0 Å². The van der Waals surface area contributed by atoms with Crippen LogP contribution in [0.4, 0.5) is 14.9 Å². The van der Waals surface area contributed by atoms with E-state index in [1.54, 1.807) is 12.1 Å². The molecule has 26 heavy (non-hydrogen) atoms. The van der Waals surface area contributed by atoms with Crippen LogP contribution in [0.2, 0.25) is 0 Å². The van der Waals surface area contributed by atoms with Crippen molar-refractivity contribution in [3.05, 3.63) is 66.0 Å². The van der Waals surface area contributed by atoms with E-state index in [1.165, 1.54) is 24.3 Å². The summed E-state index contributed by atoms with van der Waals surface area (Å²) in [6, 6.07) is 14.7. The van der Waals surface area contributed by atoms with Gasteiger partial charge in [0.1, 0.15) is 5.82 Å². The van der Waals surface area contributed by atoms with Crippen LogP contribution in [-0.2, 0) is 0 Å². The fourth-order valence-corrected chi connectivity index (χ4v) is 3.13. The van der Waals surface area contributed by atoms with Gasteiger partial charge in [-0.3, -0.25) is 4.79 Å². The van der Waals surface area contributed by atoms with Crippen LogP contribution in [0.3, 0.4) is 0 Å². The Morgan fingerprint density at radius 3 is 2.00 bits per heavy atom. The van der Waals surface area contributed by atoms with Crippen molar-refractivity contribution in [1.82, 2.24) is 10.6 Å². The van der Waals surface area contributed by atoms with Crippen molar-refractivity contribution in [3.63, 3.8) is 0 Å². The predicted molar refractivity (Wildman–Crippen MR) is 98.5 cm³/mol. The summed E-state index contributed by atoms with van der Waals surface area (Å²) in [6.45, 7) is 0. The van der Waals surface area contributed by atoms with Crippen LogP contribution in [0.25, 0.3) is 0 Å². The molecule has 0 heterocycles. The van der Waals surface area contributed by atoms with Crippen molar-refractivity contribution in [3.8, 4) is 0 Å². The first-order valence-corrected chi connectivity index (χ1v) is 8.79. The zero-order valence-corrected chi connectivity index (χ0v) is 14.4. The van der Waals surface area contributed by atoms with Gasteiger partial charge in [0.2, 0.25) is 0 Å². The summed E-state index contributed by atoms with van der Waals surface area (Å²) in [5.74, 6) is -0.400. The van der Waals surface area contributed by atoms with E-state index in [9.17, 15) is 14.0 Å². The number of amides is 3. The second kappa shape index (κ2) is 8.47. The molecule has 0 unspecified atom stereocenters. The Kier molecular flexibility index (Phi) is 5.84. The molecule has 0 aromatic heterocycles. The second-order valence-electron chi connectivity index (χ2n) is 6.49. The van der Waals surface area contributed by atoms with Gasteiger partial charge in [0.25, 0.3) is 5.91 Å². The number of nitrogens with one attached hydrogen (secondary N) is 3. The Labute approximate surface area is 152 Å². The van der Waals surface area contributed by atoms with E-state index in [4.69, 9.17) is 0 Å². The summed E-state index contributed by atoms with van der Waals surface area (Å²) in [4.78, 5) is 24.2. The minimum Gasteiger partial charge on any atom is -0.349 e.